The van der Waals surface area contributed by atoms with Crippen molar-refractivity contribution < 1.29 is 24.4 Å². The van der Waals surface area contributed by atoms with Crippen LogP contribution in [0.15, 0.2) is 60.7 Å². The first-order chi connectivity index (χ1) is 12.7. The summed E-state index contributed by atoms with van der Waals surface area (Å²) in [6.45, 7) is 2.34. The Balaban J connectivity index is 1.64. The standard InChI is InChI=1S/C21H26O5/c1-15-20(24-13-16-8-4-2-5-9-16)19(23)21(18(12-22)26-15)25-14-17-10-6-3-7-11-17/h2-11,15,18-23H,12-14H2,1H3. The summed E-state index contributed by atoms with van der Waals surface area (Å²) in [6.07, 6.45) is -3.00. The van der Waals surface area contributed by atoms with Gasteiger partial charge in [0.25, 0.3) is 0 Å². The van der Waals surface area contributed by atoms with E-state index in [9.17, 15) is 10.2 Å². The normalized spacial score (nSPS) is 28.8. The molecule has 140 valence electrons. The summed E-state index contributed by atoms with van der Waals surface area (Å²) in [6, 6.07) is 19.5. The van der Waals surface area contributed by atoms with Crippen molar-refractivity contribution in [3.05, 3.63) is 71.8 Å². The van der Waals surface area contributed by atoms with Crippen LogP contribution < -0.4 is 0 Å². The molecule has 0 bridgehead atoms. The highest BCUT2D eigenvalue weighted by molar-refractivity contribution is 5.14. The number of aliphatic hydroxyl groups excluding tert-OH is 2. The van der Waals surface area contributed by atoms with E-state index in [1.807, 2.05) is 67.6 Å². The Morgan fingerprint density at radius 3 is 1.85 bits per heavy atom. The Morgan fingerprint density at radius 1 is 0.846 bits per heavy atom. The van der Waals surface area contributed by atoms with E-state index >= 15 is 0 Å². The van der Waals surface area contributed by atoms with Crippen LogP contribution in [0.25, 0.3) is 0 Å². The first kappa shape index (κ1) is 19.0. The van der Waals surface area contributed by atoms with Crippen molar-refractivity contribution in [1.82, 2.24) is 0 Å². The molecule has 1 saturated heterocycles. The van der Waals surface area contributed by atoms with Gasteiger partial charge in [-0.25, -0.2) is 0 Å². The molecule has 1 fully saturated rings. The van der Waals surface area contributed by atoms with Gasteiger partial charge in [0.2, 0.25) is 0 Å². The quantitative estimate of drug-likeness (QED) is 0.795. The van der Waals surface area contributed by atoms with Crippen LogP contribution in [0, 0.1) is 0 Å². The molecule has 0 saturated carbocycles. The predicted octanol–water partition coefficient (Wildman–Crippen LogP) is 2.30. The second kappa shape index (κ2) is 9.26. The summed E-state index contributed by atoms with van der Waals surface area (Å²) in [5.41, 5.74) is 2.02. The Morgan fingerprint density at radius 2 is 1.35 bits per heavy atom. The minimum atomic E-state index is -0.886. The fourth-order valence-electron chi connectivity index (χ4n) is 3.24. The number of hydrogen-bond acceptors (Lipinski definition) is 5. The fourth-order valence-corrected chi connectivity index (χ4v) is 3.24. The SMILES string of the molecule is CC1OC(CO)C(OCc2ccccc2)C(O)C1OCc1ccccc1. The summed E-state index contributed by atoms with van der Waals surface area (Å²) in [5.74, 6) is 0. The topological polar surface area (TPSA) is 68.2 Å². The van der Waals surface area contributed by atoms with E-state index in [4.69, 9.17) is 14.2 Å². The summed E-state index contributed by atoms with van der Waals surface area (Å²) < 4.78 is 17.7. The van der Waals surface area contributed by atoms with Gasteiger partial charge in [-0.2, -0.15) is 0 Å². The molecule has 0 aliphatic carbocycles. The Hall–Kier alpha value is -1.76. The van der Waals surface area contributed by atoms with Gasteiger partial charge in [0, 0.05) is 0 Å². The Bertz CT molecular complexity index is 648. The third-order valence-electron chi connectivity index (χ3n) is 4.64. The molecule has 1 aliphatic heterocycles. The van der Waals surface area contributed by atoms with Crippen molar-refractivity contribution in [2.75, 3.05) is 6.61 Å². The van der Waals surface area contributed by atoms with Crippen molar-refractivity contribution in [2.24, 2.45) is 0 Å². The Labute approximate surface area is 154 Å². The summed E-state index contributed by atoms with van der Waals surface area (Å²) in [7, 11) is 0. The van der Waals surface area contributed by atoms with Crippen LogP contribution in [0.3, 0.4) is 0 Å². The number of benzene rings is 2. The molecule has 0 radical (unpaired) electrons. The van der Waals surface area contributed by atoms with Crippen LogP contribution in [0.5, 0.6) is 0 Å². The molecule has 0 spiro atoms. The van der Waals surface area contributed by atoms with Gasteiger partial charge in [-0.15, -0.1) is 0 Å². The zero-order valence-corrected chi connectivity index (χ0v) is 14.9. The zero-order valence-electron chi connectivity index (χ0n) is 14.9. The van der Waals surface area contributed by atoms with E-state index in [0.717, 1.165) is 11.1 Å². The van der Waals surface area contributed by atoms with Crippen LogP contribution in [-0.4, -0.2) is 47.3 Å². The molecular weight excluding hydrogens is 332 g/mol. The molecule has 3 rings (SSSR count). The highest BCUT2D eigenvalue weighted by atomic mass is 16.6. The molecular formula is C21H26O5. The minimum absolute atomic E-state index is 0.216. The van der Waals surface area contributed by atoms with Gasteiger partial charge in [0.05, 0.1) is 25.9 Å². The van der Waals surface area contributed by atoms with Gasteiger partial charge in [-0.05, 0) is 18.1 Å². The highest BCUT2D eigenvalue weighted by Crippen LogP contribution is 2.27. The molecule has 5 unspecified atom stereocenters. The summed E-state index contributed by atoms with van der Waals surface area (Å²) >= 11 is 0. The lowest BCUT2D eigenvalue weighted by Crippen LogP contribution is -2.59. The smallest absolute Gasteiger partial charge is 0.115 e. The van der Waals surface area contributed by atoms with E-state index in [1.54, 1.807) is 0 Å². The van der Waals surface area contributed by atoms with Crippen LogP contribution in [-0.2, 0) is 27.4 Å². The molecule has 1 heterocycles. The van der Waals surface area contributed by atoms with Crippen LogP contribution in [0.4, 0.5) is 0 Å². The lowest BCUT2D eigenvalue weighted by Gasteiger charge is -2.43. The molecule has 2 aromatic rings. The van der Waals surface area contributed by atoms with Crippen molar-refractivity contribution in [2.45, 2.75) is 50.7 Å². The summed E-state index contributed by atoms with van der Waals surface area (Å²) in [4.78, 5) is 0. The number of hydrogen-bond donors (Lipinski definition) is 2. The average Bonchev–Trinajstić information content (AvgIpc) is 2.68. The summed E-state index contributed by atoms with van der Waals surface area (Å²) in [5, 5.41) is 20.4. The van der Waals surface area contributed by atoms with E-state index in [2.05, 4.69) is 0 Å². The average molecular weight is 358 g/mol. The van der Waals surface area contributed by atoms with Gasteiger partial charge in [-0.1, -0.05) is 60.7 Å². The van der Waals surface area contributed by atoms with Gasteiger partial charge < -0.3 is 24.4 Å². The maximum Gasteiger partial charge on any atom is 0.115 e. The number of ether oxygens (including phenoxy) is 3. The van der Waals surface area contributed by atoms with E-state index < -0.39 is 24.4 Å². The minimum Gasteiger partial charge on any atom is -0.394 e. The number of rotatable bonds is 7. The van der Waals surface area contributed by atoms with Crippen LogP contribution in [0.1, 0.15) is 18.1 Å². The zero-order chi connectivity index (χ0) is 18.4. The first-order valence-electron chi connectivity index (χ1n) is 8.94. The van der Waals surface area contributed by atoms with E-state index in [0.29, 0.717) is 13.2 Å². The molecule has 0 aromatic heterocycles. The third-order valence-corrected chi connectivity index (χ3v) is 4.64. The van der Waals surface area contributed by atoms with Crippen molar-refractivity contribution in [1.29, 1.82) is 0 Å². The lowest BCUT2D eigenvalue weighted by atomic mass is 9.95. The van der Waals surface area contributed by atoms with Crippen molar-refractivity contribution in [3.63, 3.8) is 0 Å². The van der Waals surface area contributed by atoms with E-state index in [-0.39, 0.29) is 12.7 Å². The molecule has 1 aliphatic rings. The van der Waals surface area contributed by atoms with Crippen LogP contribution in [0.2, 0.25) is 0 Å². The first-order valence-corrected chi connectivity index (χ1v) is 8.94. The fraction of sp³-hybridized carbons (Fsp3) is 0.429. The monoisotopic (exact) mass is 358 g/mol. The Kier molecular flexibility index (Phi) is 6.77. The molecule has 5 nitrogen and oxygen atoms in total. The van der Waals surface area contributed by atoms with Crippen LogP contribution >= 0.6 is 0 Å². The predicted molar refractivity (Wildman–Crippen MR) is 97.5 cm³/mol. The van der Waals surface area contributed by atoms with Gasteiger partial charge >= 0.3 is 0 Å². The molecule has 2 N–H and O–H groups in total. The maximum absolute atomic E-state index is 10.8. The largest absolute Gasteiger partial charge is 0.394 e. The molecule has 26 heavy (non-hydrogen) atoms. The second-order valence-electron chi connectivity index (χ2n) is 6.58. The second-order valence-corrected chi connectivity index (χ2v) is 6.58. The van der Waals surface area contributed by atoms with Gasteiger partial charge in [0.1, 0.15) is 24.4 Å². The molecule has 0 amide bonds. The molecule has 5 atom stereocenters. The molecule has 5 heteroatoms. The van der Waals surface area contributed by atoms with Gasteiger partial charge in [-0.3, -0.25) is 0 Å². The molecule has 2 aromatic carbocycles. The highest BCUT2D eigenvalue weighted by Gasteiger charge is 2.44. The maximum atomic E-state index is 10.8. The third kappa shape index (κ3) is 4.69. The van der Waals surface area contributed by atoms with E-state index in [1.165, 1.54) is 0 Å². The van der Waals surface area contributed by atoms with Gasteiger partial charge in [0.15, 0.2) is 0 Å². The van der Waals surface area contributed by atoms with Crippen molar-refractivity contribution in [3.8, 4) is 0 Å². The number of aliphatic hydroxyl groups is 2. The van der Waals surface area contributed by atoms with Crippen molar-refractivity contribution >= 4 is 0 Å². The lowest BCUT2D eigenvalue weighted by molar-refractivity contribution is -0.253.